The fraction of sp³-hybridized carbons (Fsp3) is 0.312. The summed E-state index contributed by atoms with van der Waals surface area (Å²) in [5.41, 5.74) is 1.63. The van der Waals surface area contributed by atoms with Crippen molar-refractivity contribution < 1.29 is 18.9 Å². The highest BCUT2D eigenvalue weighted by Gasteiger charge is 2.42. The Morgan fingerprint density at radius 3 is 1.95 bits per heavy atom. The van der Waals surface area contributed by atoms with E-state index in [4.69, 9.17) is 18.9 Å². The molecule has 214 valence electrons. The average Bonchev–Trinajstić information content (AvgIpc) is 3.39. The van der Waals surface area contributed by atoms with E-state index in [-0.39, 0.29) is 22.2 Å². The Kier molecular flexibility index (Phi) is 8.67. The number of hydrogen-bond acceptors (Lipinski definition) is 6. The zero-order chi connectivity index (χ0) is 29.1. The molecule has 3 aromatic carbocycles. The molecule has 1 aromatic heterocycles. The number of methoxy groups -OCH3 is 2. The number of aryl methyl sites for hydroxylation is 1. The summed E-state index contributed by atoms with van der Waals surface area (Å²) in [5, 5.41) is 0. The highest BCUT2D eigenvalue weighted by atomic mass is 127. The third-order valence-corrected chi connectivity index (χ3v) is 8.90. The molecule has 0 spiro atoms. The molecule has 1 saturated heterocycles. The maximum atomic E-state index is 12.9. The van der Waals surface area contributed by atoms with Gasteiger partial charge >= 0.3 is 5.69 Å². The molecular weight excluding hydrogens is 635 g/mol. The molecule has 2 heterocycles. The van der Waals surface area contributed by atoms with Crippen molar-refractivity contribution >= 4 is 22.6 Å². The van der Waals surface area contributed by atoms with Crippen LogP contribution in [0.1, 0.15) is 34.9 Å². The van der Waals surface area contributed by atoms with Crippen molar-refractivity contribution in [2.24, 2.45) is 7.05 Å². The van der Waals surface area contributed by atoms with Gasteiger partial charge in [0.1, 0.15) is 23.3 Å². The Hall–Kier alpha value is -3.41. The van der Waals surface area contributed by atoms with Crippen molar-refractivity contribution in [2.45, 2.75) is 35.2 Å². The lowest BCUT2D eigenvalue weighted by molar-refractivity contribution is -0.0761. The van der Waals surface area contributed by atoms with Gasteiger partial charge in [0.15, 0.2) is 0 Å². The number of benzene rings is 3. The van der Waals surface area contributed by atoms with E-state index in [0.717, 1.165) is 32.8 Å². The molecule has 0 aliphatic carbocycles. The molecule has 1 fully saturated rings. The molecular formula is C32H33IN2O6. The molecule has 0 N–H and O–H groups in total. The standard InChI is InChI=1S/C32H33IN2O6/c1-21-19-35(31(37)34(2)30(21)36)29-18-27(33)28(41-29)20-40-32(22-8-6-5-7-9-22,23-10-14-25(38-3)15-11-23)24-12-16-26(39-4)17-13-24/h5-17,19,27-29H,18,20H2,1-4H3/t27-,28+,29+/m0/s1. The molecule has 0 bridgehead atoms. The van der Waals surface area contributed by atoms with E-state index in [9.17, 15) is 9.59 Å². The number of alkyl halides is 1. The lowest BCUT2D eigenvalue weighted by atomic mass is 9.80. The predicted molar refractivity (Wildman–Crippen MR) is 165 cm³/mol. The molecule has 9 heteroatoms. The summed E-state index contributed by atoms with van der Waals surface area (Å²) in [5.74, 6) is 1.50. The Balaban J connectivity index is 1.54. The smallest absolute Gasteiger partial charge is 0.332 e. The van der Waals surface area contributed by atoms with Gasteiger partial charge in [-0.2, -0.15) is 0 Å². The highest BCUT2D eigenvalue weighted by molar-refractivity contribution is 14.1. The SMILES string of the molecule is COc1ccc(C(OC[C@H]2O[C@@H](n3cc(C)c(=O)n(C)c3=O)C[C@@H]2I)(c2ccccc2)c2ccc(OC)cc2)cc1. The summed E-state index contributed by atoms with van der Waals surface area (Å²) in [6.07, 6.45) is 1.39. The minimum absolute atomic E-state index is 0.0715. The summed E-state index contributed by atoms with van der Waals surface area (Å²) in [4.78, 5) is 25.2. The van der Waals surface area contributed by atoms with Gasteiger partial charge in [-0.25, -0.2) is 4.79 Å². The molecule has 0 radical (unpaired) electrons. The molecule has 1 aliphatic rings. The van der Waals surface area contributed by atoms with E-state index < -0.39 is 17.5 Å². The summed E-state index contributed by atoms with van der Waals surface area (Å²) in [6, 6.07) is 25.9. The normalized spacial score (nSPS) is 18.8. The van der Waals surface area contributed by atoms with Gasteiger partial charge in [-0.3, -0.25) is 13.9 Å². The van der Waals surface area contributed by atoms with Crippen LogP contribution in [0.3, 0.4) is 0 Å². The van der Waals surface area contributed by atoms with Gasteiger partial charge in [-0.15, -0.1) is 0 Å². The predicted octanol–water partition coefficient (Wildman–Crippen LogP) is 4.97. The van der Waals surface area contributed by atoms with E-state index in [2.05, 4.69) is 34.7 Å². The molecule has 41 heavy (non-hydrogen) atoms. The number of rotatable bonds is 9. The van der Waals surface area contributed by atoms with Crippen LogP contribution in [0.25, 0.3) is 0 Å². The van der Waals surface area contributed by atoms with Gasteiger partial charge < -0.3 is 18.9 Å². The van der Waals surface area contributed by atoms with Crippen molar-refractivity contribution in [3.63, 3.8) is 0 Å². The monoisotopic (exact) mass is 668 g/mol. The number of hydrogen-bond donors (Lipinski definition) is 0. The lowest BCUT2D eigenvalue weighted by Gasteiger charge is -2.37. The first-order valence-corrected chi connectivity index (χ1v) is 14.6. The van der Waals surface area contributed by atoms with Crippen molar-refractivity contribution in [1.82, 2.24) is 9.13 Å². The number of halogens is 1. The van der Waals surface area contributed by atoms with Gasteiger partial charge in [0.25, 0.3) is 5.56 Å². The van der Waals surface area contributed by atoms with E-state index in [0.29, 0.717) is 12.0 Å². The van der Waals surface area contributed by atoms with Crippen LogP contribution in [-0.2, 0) is 22.1 Å². The first-order chi connectivity index (χ1) is 19.8. The third-order valence-electron chi connectivity index (χ3n) is 7.59. The van der Waals surface area contributed by atoms with Crippen molar-refractivity contribution in [3.8, 4) is 11.5 Å². The molecule has 4 aromatic rings. The fourth-order valence-corrected chi connectivity index (χ4v) is 6.15. The second kappa shape index (κ2) is 12.2. The van der Waals surface area contributed by atoms with Crippen LogP contribution in [0, 0.1) is 6.92 Å². The zero-order valence-corrected chi connectivity index (χ0v) is 25.6. The van der Waals surface area contributed by atoms with Gasteiger partial charge in [-0.1, -0.05) is 77.2 Å². The fourth-order valence-electron chi connectivity index (χ4n) is 5.34. The minimum atomic E-state index is -0.971. The first kappa shape index (κ1) is 29.1. The Morgan fingerprint density at radius 1 is 0.878 bits per heavy atom. The van der Waals surface area contributed by atoms with Crippen LogP contribution < -0.4 is 20.7 Å². The molecule has 0 saturated carbocycles. The number of aromatic nitrogens is 2. The van der Waals surface area contributed by atoms with E-state index in [1.807, 2.05) is 66.7 Å². The van der Waals surface area contributed by atoms with Gasteiger partial charge in [0.05, 0.1) is 26.9 Å². The quantitative estimate of drug-likeness (QED) is 0.142. The van der Waals surface area contributed by atoms with Gasteiger partial charge in [0.2, 0.25) is 0 Å². The number of nitrogens with zero attached hydrogens (tertiary/aromatic N) is 2. The van der Waals surface area contributed by atoms with E-state index in [1.165, 1.54) is 11.6 Å². The van der Waals surface area contributed by atoms with Crippen LogP contribution in [0.4, 0.5) is 0 Å². The second-order valence-corrected chi connectivity index (χ2v) is 11.7. The topological polar surface area (TPSA) is 80.9 Å². The van der Waals surface area contributed by atoms with Crippen molar-refractivity contribution in [1.29, 1.82) is 0 Å². The first-order valence-electron chi connectivity index (χ1n) is 13.4. The third kappa shape index (κ3) is 5.58. The van der Waals surface area contributed by atoms with Crippen molar-refractivity contribution in [3.05, 3.63) is 128 Å². The van der Waals surface area contributed by atoms with Gasteiger partial charge in [-0.05, 0) is 47.9 Å². The Bertz CT molecular complexity index is 1550. The van der Waals surface area contributed by atoms with Crippen LogP contribution >= 0.6 is 22.6 Å². The summed E-state index contributed by atoms with van der Waals surface area (Å²) in [7, 11) is 4.78. The van der Waals surface area contributed by atoms with Crippen molar-refractivity contribution in [2.75, 3.05) is 20.8 Å². The maximum Gasteiger partial charge on any atom is 0.332 e. The number of ether oxygens (including phenoxy) is 4. The molecule has 0 amide bonds. The summed E-state index contributed by atoms with van der Waals surface area (Å²) in [6.45, 7) is 1.96. The lowest BCUT2D eigenvalue weighted by Crippen LogP contribution is -2.40. The second-order valence-electron chi connectivity index (χ2n) is 10.1. The molecule has 1 aliphatic heterocycles. The Morgan fingerprint density at radius 2 is 1.41 bits per heavy atom. The van der Waals surface area contributed by atoms with Crippen LogP contribution in [0.5, 0.6) is 11.5 Å². The average molecular weight is 669 g/mol. The summed E-state index contributed by atoms with van der Waals surface area (Å²) >= 11 is 2.36. The van der Waals surface area contributed by atoms with Gasteiger partial charge in [0, 0.05) is 29.2 Å². The van der Waals surface area contributed by atoms with E-state index in [1.54, 1.807) is 27.3 Å². The molecule has 3 atom stereocenters. The van der Waals surface area contributed by atoms with Crippen LogP contribution in [-0.4, -0.2) is 40.0 Å². The molecule has 8 nitrogen and oxygen atoms in total. The minimum Gasteiger partial charge on any atom is -0.497 e. The Labute approximate surface area is 252 Å². The molecule has 5 rings (SSSR count). The zero-order valence-electron chi connectivity index (χ0n) is 23.5. The van der Waals surface area contributed by atoms with E-state index >= 15 is 0 Å². The largest absolute Gasteiger partial charge is 0.497 e. The molecule has 0 unspecified atom stereocenters. The van der Waals surface area contributed by atoms with Crippen LogP contribution in [0.2, 0.25) is 0 Å². The highest BCUT2D eigenvalue weighted by Crippen LogP contribution is 2.43. The summed E-state index contributed by atoms with van der Waals surface area (Å²) < 4.78 is 27.0. The maximum absolute atomic E-state index is 12.9. The van der Waals surface area contributed by atoms with Crippen LogP contribution in [0.15, 0.2) is 94.6 Å².